The summed E-state index contributed by atoms with van der Waals surface area (Å²) in [5.41, 5.74) is 0.291. The predicted molar refractivity (Wildman–Crippen MR) is 58.6 cm³/mol. The summed E-state index contributed by atoms with van der Waals surface area (Å²) in [5, 5.41) is 5.69. The van der Waals surface area contributed by atoms with E-state index in [1.54, 1.807) is 0 Å². The Hall–Kier alpha value is -1.13. The van der Waals surface area contributed by atoms with Crippen LogP contribution in [0.4, 0.5) is 10.1 Å². The van der Waals surface area contributed by atoms with Crippen molar-refractivity contribution in [2.45, 2.75) is 6.92 Å². The fourth-order valence-electron chi connectivity index (χ4n) is 1.03. The second-order valence-corrected chi connectivity index (χ2v) is 3.36. The topological polar surface area (TPSA) is 41.1 Å². The number of halogens is 2. The Morgan fingerprint density at radius 3 is 2.93 bits per heavy atom. The SMILES string of the molecule is CCNCC(=O)Nc1cc(F)ccc1Cl. The Morgan fingerprint density at radius 2 is 2.27 bits per heavy atom. The summed E-state index contributed by atoms with van der Waals surface area (Å²) < 4.78 is 12.8. The summed E-state index contributed by atoms with van der Waals surface area (Å²) in [4.78, 5) is 11.3. The smallest absolute Gasteiger partial charge is 0.238 e. The lowest BCUT2D eigenvalue weighted by atomic mass is 10.3. The number of hydrogen-bond acceptors (Lipinski definition) is 2. The summed E-state index contributed by atoms with van der Waals surface area (Å²) in [6.07, 6.45) is 0. The van der Waals surface area contributed by atoms with Crippen molar-refractivity contribution in [2.75, 3.05) is 18.4 Å². The molecule has 1 aromatic rings. The fraction of sp³-hybridized carbons (Fsp3) is 0.300. The molecule has 0 heterocycles. The second kappa shape index (κ2) is 5.68. The van der Waals surface area contributed by atoms with Gasteiger partial charge in [-0.25, -0.2) is 4.39 Å². The molecule has 2 N–H and O–H groups in total. The van der Waals surface area contributed by atoms with Crippen molar-refractivity contribution in [1.82, 2.24) is 5.32 Å². The van der Waals surface area contributed by atoms with Crippen LogP contribution in [-0.2, 0) is 4.79 Å². The van der Waals surface area contributed by atoms with Crippen LogP contribution in [-0.4, -0.2) is 19.0 Å². The van der Waals surface area contributed by atoms with E-state index >= 15 is 0 Å². The molecule has 0 saturated heterocycles. The van der Waals surface area contributed by atoms with Gasteiger partial charge >= 0.3 is 0 Å². The zero-order valence-electron chi connectivity index (χ0n) is 8.31. The van der Waals surface area contributed by atoms with Crippen molar-refractivity contribution >= 4 is 23.2 Å². The molecule has 0 unspecified atom stereocenters. The summed E-state index contributed by atoms with van der Waals surface area (Å²) >= 11 is 5.77. The number of hydrogen-bond donors (Lipinski definition) is 2. The van der Waals surface area contributed by atoms with Crippen LogP contribution in [0.3, 0.4) is 0 Å². The molecule has 0 aliphatic rings. The molecule has 0 fully saturated rings. The zero-order chi connectivity index (χ0) is 11.3. The van der Waals surface area contributed by atoms with Gasteiger partial charge in [-0.3, -0.25) is 4.79 Å². The van der Waals surface area contributed by atoms with Crippen LogP contribution in [0.15, 0.2) is 18.2 Å². The molecule has 0 saturated carbocycles. The van der Waals surface area contributed by atoms with Gasteiger partial charge in [-0.2, -0.15) is 0 Å². The number of anilines is 1. The molecule has 1 aromatic carbocycles. The molecule has 0 atom stereocenters. The van der Waals surface area contributed by atoms with E-state index in [1.807, 2.05) is 6.92 Å². The Labute approximate surface area is 92.6 Å². The van der Waals surface area contributed by atoms with Crippen molar-refractivity contribution in [3.8, 4) is 0 Å². The van der Waals surface area contributed by atoms with E-state index in [0.29, 0.717) is 17.3 Å². The highest BCUT2D eigenvalue weighted by Gasteiger charge is 2.05. The van der Waals surface area contributed by atoms with Crippen LogP contribution < -0.4 is 10.6 Å². The quantitative estimate of drug-likeness (QED) is 0.831. The average Bonchev–Trinajstić information content (AvgIpc) is 2.20. The highest BCUT2D eigenvalue weighted by molar-refractivity contribution is 6.33. The standard InChI is InChI=1S/C10H12ClFN2O/c1-2-13-6-10(15)14-9-5-7(12)3-4-8(9)11/h3-5,13H,2,6H2,1H3,(H,14,15). The predicted octanol–water partition coefficient (Wildman–Crippen LogP) is 2.03. The minimum atomic E-state index is -0.432. The maximum Gasteiger partial charge on any atom is 0.238 e. The number of rotatable bonds is 4. The Kier molecular flexibility index (Phi) is 4.52. The van der Waals surface area contributed by atoms with Crippen LogP contribution in [0.2, 0.25) is 5.02 Å². The molecular weight excluding hydrogens is 219 g/mol. The molecule has 0 aromatic heterocycles. The molecule has 1 rings (SSSR count). The first kappa shape index (κ1) is 11.9. The summed E-state index contributed by atoms with van der Waals surface area (Å²) in [6, 6.07) is 3.83. The van der Waals surface area contributed by atoms with Gasteiger partial charge in [0.1, 0.15) is 5.82 Å². The first-order valence-corrected chi connectivity index (χ1v) is 4.97. The Morgan fingerprint density at radius 1 is 1.53 bits per heavy atom. The summed E-state index contributed by atoms with van der Waals surface area (Å²) in [6.45, 7) is 2.77. The van der Waals surface area contributed by atoms with E-state index in [4.69, 9.17) is 11.6 Å². The molecule has 1 amide bonds. The van der Waals surface area contributed by atoms with Gasteiger partial charge in [-0.15, -0.1) is 0 Å². The van der Waals surface area contributed by atoms with E-state index in [2.05, 4.69) is 10.6 Å². The molecule has 0 radical (unpaired) electrons. The summed E-state index contributed by atoms with van der Waals surface area (Å²) in [5.74, 6) is -0.678. The van der Waals surface area contributed by atoms with Crippen LogP contribution in [0, 0.1) is 5.82 Å². The maximum atomic E-state index is 12.8. The fourth-order valence-corrected chi connectivity index (χ4v) is 1.19. The Bertz CT molecular complexity index is 357. The van der Waals surface area contributed by atoms with Gasteiger partial charge in [0, 0.05) is 0 Å². The van der Waals surface area contributed by atoms with E-state index in [9.17, 15) is 9.18 Å². The number of amides is 1. The average molecular weight is 231 g/mol. The van der Waals surface area contributed by atoms with Crippen LogP contribution in [0.1, 0.15) is 6.92 Å². The van der Waals surface area contributed by atoms with Crippen molar-refractivity contribution in [2.24, 2.45) is 0 Å². The molecule has 15 heavy (non-hydrogen) atoms. The first-order valence-electron chi connectivity index (χ1n) is 4.59. The second-order valence-electron chi connectivity index (χ2n) is 2.95. The highest BCUT2D eigenvalue weighted by atomic mass is 35.5. The number of carbonyl (C=O) groups is 1. The van der Waals surface area contributed by atoms with Crippen LogP contribution >= 0.6 is 11.6 Å². The molecule has 3 nitrogen and oxygen atoms in total. The van der Waals surface area contributed by atoms with E-state index < -0.39 is 5.82 Å². The van der Waals surface area contributed by atoms with E-state index in [0.717, 1.165) is 0 Å². The van der Waals surface area contributed by atoms with E-state index in [-0.39, 0.29) is 12.5 Å². The van der Waals surface area contributed by atoms with Crippen molar-refractivity contribution in [3.63, 3.8) is 0 Å². The maximum absolute atomic E-state index is 12.8. The van der Waals surface area contributed by atoms with Gasteiger partial charge in [0.05, 0.1) is 17.3 Å². The van der Waals surface area contributed by atoms with Crippen molar-refractivity contribution < 1.29 is 9.18 Å². The highest BCUT2D eigenvalue weighted by Crippen LogP contribution is 2.21. The minimum Gasteiger partial charge on any atom is -0.324 e. The van der Waals surface area contributed by atoms with Gasteiger partial charge in [0.15, 0.2) is 0 Å². The lowest BCUT2D eigenvalue weighted by Gasteiger charge is -2.07. The molecular formula is C10H12ClFN2O. The van der Waals surface area contributed by atoms with Gasteiger partial charge in [0.25, 0.3) is 0 Å². The lowest BCUT2D eigenvalue weighted by molar-refractivity contribution is -0.115. The molecule has 0 spiro atoms. The largest absolute Gasteiger partial charge is 0.324 e. The lowest BCUT2D eigenvalue weighted by Crippen LogP contribution is -2.27. The number of nitrogens with one attached hydrogen (secondary N) is 2. The van der Waals surface area contributed by atoms with Gasteiger partial charge in [0.2, 0.25) is 5.91 Å². The zero-order valence-corrected chi connectivity index (χ0v) is 9.07. The number of likely N-dealkylation sites (N-methyl/N-ethyl adjacent to an activating group) is 1. The first-order chi connectivity index (χ1) is 7.13. The molecule has 0 bridgehead atoms. The third-order valence-corrected chi connectivity index (χ3v) is 2.07. The van der Waals surface area contributed by atoms with Crippen molar-refractivity contribution in [3.05, 3.63) is 29.0 Å². The summed E-state index contributed by atoms with van der Waals surface area (Å²) in [7, 11) is 0. The third kappa shape index (κ3) is 3.85. The van der Waals surface area contributed by atoms with E-state index in [1.165, 1.54) is 18.2 Å². The number of carbonyl (C=O) groups excluding carboxylic acids is 1. The normalized spacial score (nSPS) is 10.1. The molecule has 0 aliphatic heterocycles. The molecule has 82 valence electrons. The third-order valence-electron chi connectivity index (χ3n) is 1.74. The van der Waals surface area contributed by atoms with Gasteiger partial charge in [-0.1, -0.05) is 18.5 Å². The monoisotopic (exact) mass is 230 g/mol. The van der Waals surface area contributed by atoms with Crippen LogP contribution in [0.25, 0.3) is 0 Å². The minimum absolute atomic E-state index is 0.184. The van der Waals surface area contributed by atoms with Gasteiger partial charge in [-0.05, 0) is 24.7 Å². The number of benzene rings is 1. The molecule has 5 heteroatoms. The Balaban J connectivity index is 2.63. The van der Waals surface area contributed by atoms with Crippen molar-refractivity contribution in [1.29, 1.82) is 0 Å². The molecule has 0 aliphatic carbocycles. The van der Waals surface area contributed by atoms with Crippen LogP contribution in [0.5, 0.6) is 0 Å². The van der Waals surface area contributed by atoms with Gasteiger partial charge < -0.3 is 10.6 Å².